The lowest BCUT2D eigenvalue weighted by atomic mass is 10.0. The highest BCUT2D eigenvalue weighted by Crippen LogP contribution is 2.38. The summed E-state index contributed by atoms with van der Waals surface area (Å²) in [5, 5.41) is 3.73. The van der Waals surface area contributed by atoms with E-state index >= 15 is 4.79 Å². The van der Waals surface area contributed by atoms with E-state index in [2.05, 4.69) is 5.32 Å². The van der Waals surface area contributed by atoms with Gasteiger partial charge >= 0.3 is 0 Å². The first-order chi connectivity index (χ1) is 25.5. The number of hydrogen-bond donors (Lipinski definition) is 1. The topological polar surface area (TPSA) is 124 Å². The van der Waals surface area contributed by atoms with Crippen LogP contribution in [0.3, 0.4) is 0 Å². The van der Waals surface area contributed by atoms with Crippen molar-refractivity contribution < 1.29 is 37.0 Å². The number of carbonyl (C=O) groups is 2. The molecule has 1 N–H and O–H groups in total. The minimum atomic E-state index is -4.55. The average molecular weight is 785 g/mol. The maximum atomic E-state index is 15.0. The molecule has 4 aromatic carbocycles. The molecule has 0 aromatic heterocycles. The molecule has 0 aliphatic heterocycles. The van der Waals surface area contributed by atoms with E-state index in [0.29, 0.717) is 17.1 Å². The van der Waals surface area contributed by atoms with Crippen LogP contribution in [0.4, 0.5) is 5.69 Å². The molecule has 1 saturated carbocycles. The fourth-order valence-electron chi connectivity index (χ4n) is 6.38. The molecule has 0 unspecified atom stereocenters. The smallest absolute Gasteiger partial charge is 0.265 e. The van der Waals surface area contributed by atoms with Crippen LogP contribution in [0.15, 0.2) is 89.8 Å². The average Bonchev–Trinajstić information content (AvgIpc) is 3.68. The van der Waals surface area contributed by atoms with E-state index in [4.69, 9.17) is 42.1 Å². The second kappa shape index (κ2) is 17.9. The Morgan fingerprint density at radius 2 is 1.43 bits per heavy atom. The van der Waals surface area contributed by atoms with Gasteiger partial charge in [-0.3, -0.25) is 13.9 Å². The number of nitrogens with zero attached hydrogens (tertiary/aromatic N) is 2. The first-order valence-corrected chi connectivity index (χ1v) is 19.2. The zero-order chi connectivity index (χ0) is 38.1. The van der Waals surface area contributed by atoms with Crippen LogP contribution in [0.1, 0.15) is 36.8 Å². The number of benzene rings is 4. The molecule has 4 aromatic rings. The third-order valence-corrected chi connectivity index (χ3v) is 11.7. The molecule has 11 nitrogen and oxygen atoms in total. The Morgan fingerprint density at radius 1 is 0.792 bits per heavy atom. The summed E-state index contributed by atoms with van der Waals surface area (Å²) >= 11 is 13.3. The number of anilines is 1. The molecule has 0 radical (unpaired) electrons. The summed E-state index contributed by atoms with van der Waals surface area (Å²) in [4.78, 5) is 30.5. The van der Waals surface area contributed by atoms with Gasteiger partial charge in [0.15, 0.2) is 11.5 Å². The zero-order valence-corrected chi connectivity index (χ0v) is 32.3. The molecule has 1 atom stereocenters. The number of amides is 2. The first kappa shape index (κ1) is 39.6. The van der Waals surface area contributed by atoms with Gasteiger partial charge in [-0.25, -0.2) is 8.42 Å². The summed E-state index contributed by atoms with van der Waals surface area (Å²) in [6.07, 6.45) is 3.75. The highest BCUT2D eigenvalue weighted by molar-refractivity contribution is 7.92. The second-order valence-electron chi connectivity index (χ2n) is 12.5. The van der Waals surface area contributed by atoms with Crippen LogP contribution < -0.4 is 28.6 Å². The highest BCUT2D eigenvalue weighted by Gasteiger charge is 2.37. The Hall–Kier alpha value is -4.65. The predicted octanol–water partition coefficient (Wildman–Crippen LogP) is 6.92. The van der Waals surface area contributed by atoms with E-state index in [9.17, 15) is 13.2 Å². The van der Waals surface area contributed by atoms with Gasteiger partial charge in [-0.2, -0.15) is 0 Å². The fraction of sp³-hybridized carbons (Fsp3) is 0.333. The van der Waals surface area contributed by atoms with Crippen molar-refractivity contribution >= 4 is 50.7 Å². The molecule has 0 bridgehead atoms. The van der Waals surface area contributed by atoms with Crippen molar-refractivity contribution in [1.82, 2.24) is 10.2 Å². The lowest BCUT2D eigenvalue weighted by molar-refractivity contribution is -0.140. The molecule has 53 heavy (non-hydrogen) atoms. The number of rotatable bonds is 16. The Balaban J connectivity index is 1.67. The third-order valence-electron chi connectivity index (χ3n) is 9.24. The van der Waals surface area contributed by atoms with E-state index in [1.807, 2.05) is 30.3 Å². The van der Waals surface area contributed by atoms with Crippen molar-refractivity contribution in [1.29, 1.82) is 0 Å². The van der Waals surface area contributed by atoms with Gasteiger partial charge < -0.3 is 29.2 Å². The maximum absolute atomic E-state index is 15.0. The summed E-state index contributed by atoms with van der Waals surface area (Å²) in [6.45, 7) is -0.934. The SMILES string of the molecule is COc1ccc(OC)c(N(CC(=O)N(Cc2c(Cl)cccc2Cl)[C@H](Cc2ccccc2)C(=O)NC2CCCC2)S(=O)(=O)c2ccc(OC)c(OC)c2)c1. The number of nitrogens with one attached hydrogen (secondary N) is 1. The molecular weight excluding hydrogens is 741 g/mol. The van der Waals surface area contributed by atoms with Gasteiger partial charge in [-0.15, -0.1) is 0 Å². The lowest BCUT2D eigenvalue weighted by Crippen LogP contribution is -2.54. The Morgan fingerprint density at radius 3 is 2.06 bits per heavy atom. The van der Waals surface area contributed by atoms with Crippen LogP contribution in [0.25, 0.3) is 0 Å². The Labute approximate surface area is 320 Å². The van der Waals surface area contributed by atoms with Crippen molar-refractivity contribution in [3.05, 3.63) is 106 Å². The van der Waals surface area contributed by atoms with Crippen molar-refractivity contribution in [2.75, 3.05) is 39.3 Å². The zero-order valence-electron chi connectivity index (χ0n) is 30.0. The molecule has 2 amide bonds. The molecule has 5 rings (SSSR count). The van der Waals surface area contributed by atoms with E-state index in [1.54, 1.807) is 30.3 Å². The van der Waals surface area contributed by atoms with Crippen LogP contribution in [0.2, 0.25) is 10.0 Å². The van der Waals surface area contributed by atoms with E-state index < -0.39 is 28.5 Å². The van der Waals surface area contributed by atoms with Gasteiger partial charge in [0.1, 0.15) is 24.1 Å². The molecule has 0 spiro atoms. The number of halogens is 2. The van der Waals surface area contributed by atoms with Gasteiger partial charge in [-0.1, -0.05) is 72.4 Å². The van der Waals surface area contributed by atoms with Gasteiger partial charge in [0.2, 0.25) is 11.8 Å². The first-order valence-electron chi connectivity index (χ1n) is 17.0. The molecular formula is C39H43Cl2N3O8S. The van der Waals surface area contributed by atoms with E-state index in [-0.39, 0.29) is 57.0 Å². The van der Waals surface area contributed by atoms with Crippen LogP contribution in [-0.2, 0) is 32.6 Å². The summed E-state index contributed by atoms with van der Waals surface area (Å²) in [5.74, 6) is -0.115. The number of ether oxygens (including phenoxy) is 4. The van der Waals surface area contributed by atoms with Gasteiger partial charge in [-0.05, 0) is 54.8 Å². The molecule has 1 aliphatic rings. The lowest BCUT2D eigenvalue weighted by Gasteiger charge is -2.35. The molecule has 282 valence electrons. The molecule has 1 aliphatic carbocycles. The largest absolute Gasteiger partial charge is 0.497 e. The second-order valence-corrected chi connectivity index (χ2v) is 15.2. The third kappa shape index (κ3) is 9.30. The normalized spacial score (nSPS) is 13.5. The van der Waals surface area contributed by atoms with Gasteiger partial charge in [0.05, 0.1) is 39.0 Å². The van der Waals surface area contributed by atoms with Crippen LogP contribution in [-0.4, -0.2) is 72.2 Å². The number of carbonyl (C=O) groups excluding carboxylic acids is 2. The standard InChI is InChI=1S/C39H43Cl2N3O8S/c1-49-28-17-19-35(50-2)33(22-28)44(53(47,48)29-18-20-36(51-3)37(23-29)52-4)25-38(45)43(24-30-31(40)15-10-16-32(30)41)34(21-26-11-6-5-7-12-26)39(46)42-27-13-8-9-14-27/h5-7,10-12,15-20,22-23,27,34H,8-9,13-14,21,24-25H2,1-4H3,(H,42,46)/t34-/m1/s1. The van der Waals surface area contributed by atoms with Crippen molar-refractivity contribution in [2.45, 2.75) is 55.6 Å². The maximum Gasteiger partial charge on any atom is 0.265 e. The fourth-order valence-corrected chi connectivity index (χ4v) is 8.33. The van der Waals surface area contributed by atoms with Crippen LogP contribution >= 0.6 is 23.2 Å². The minimum Gasteiger partial charge on any atom is -0.497 e. The van der Waals surface area contributed by atoms with E-state index in [1.165, 1.54) is 57.6 Å². The molecule has 14 heteroatoms. The molecule has 0 heterocycles. The van der Waals surface area contributed by atoms with Crippen molar-refractivity contribution in [3.8, 4) is 23.0 Å². The Kier molecular flexibility index (Phi) is 13.4. The predicted molar refractivity (Wildman–Crippen MR) is 205 cm³/mol. The molecule has 1 fully saturated rings. The summed E-state index contributed by atoms with van der Waals surface area (Å²) in [5.41, 5.74) is 1.23. The summed E-state index contributed by atoms with van der Waals surface area (Å²) in [6, 6.07) is 21.9. The number of methoxy groups -OCH3 is 4. The summed E-state index contributed by atoms with van der Waals surface area (Å²) in [7, 11) is 1.11. The number of hydrogen-bond acceptors (Lipinski definition) is 8. The monoisotopic (exact) mass is 783 g/mol. The van der Waals surface area contributed by atoms with Gasteiger partial charge in [0, 0.05) is 46.7 Å². The van der Waals surface area contributed by atoms with Gasteiger partial charge in [0.25, 0.3) is 10.0 Å². The number of sulfonamides is 1. The van der Waals surface area contributed by atoms with E-state index in [0.717, 1.165) is 35.6 Å². The van der Waals surface area contributed by atoms with Crippen LogP contribution in [0, 0.1) is 0 Å². The quantitative estimate of drug-likeness (QED) is 0.130. The van der Waals surface area contributed by atoms with Crippen molar-refractivity contribution in [3.63, 3.8) is 0 Å². The van der Waals surface area contributed by atoms with Crippen LogP contribution in [0.5, 0.6) is 23.0 Å². The Bertz CT molecular complexity index is 1990. The molecule has 0 saturated heterocycles. The highest BCUT2D eigenvalue weighted by atomic mass is 35.5. The van der Waals surface area contributed by atoms with Crippen molar-refractivity contribution in [2.24, 2.45) is 0 Å². The minimum absolute atomic E-state index is 0.0285. The summed E-state index contributed by atoms with van der Waals surface area (Å²) < 4.78 is 52.3.